The molecule has 46 heavy (non-hydrogen) atoms. The van der Waals surface area contributed by atoms with Gasteiger partial charge in [-0.25, -0.2) is 0 Å². The topological polar surface area (TPSA) is 13.1 Å². The maximum atomic E-state index is 6.59. The highest BCUT2D eigenvalue weighted by Gasteiger charge is 2.52. The summed E-state index contributed by atoms with van der Waals surface area (Å²) in [5.74, 6) is 0. The zero-order valence-electron chi connectivity index (χ0n) is 24.9. The average Bonchev–Trinajstić information content (AvgIpc) is 3.75. The molecule has 1 aromatic heterocycles. The molecule has 0 fully saturated rings. The number of hydrogen-bond acceptors (Lipinski definition) is 1. The lowest BCUT2D eigenvalue weighted by Crippen LogP contribution is -2.26. The molecule has 9 aromatic rings. The van der Waals surface area contributed by atoms with E-state index >= 15 is 0 Å². The van der Waals surface area contributed by atoms with Crippen LogP contribution in [0.25, 0.3) is 76.9 Å². The molecule has 1 spiro atoms. The van der Waals surface area contributed by atoms with Crippen molar-refractivity contribution in [1.29, 1.82) is 0 Å². The van der Waals surface area contributed by atoms with Gasteiger partial charge in [-0.05, 0) is 96.1 Å². The predicted molar refractivity (Wildman–Crippen MR) is 190 cm³/mol. The second-order valence-electron chi connectivity index (χ2n) is 12.8. The monoisotopic (exact) mass is 582 g/mol. The summed E-state index contributed by atoms with van der Waals surface area (Å²) in [4.78, 5) is 0. The van der Waals surface area contributed by atoms with Crippen LogP contribution in [-0.4, -0.2) is 0 Å². The van der Waals surface area contributed by atoms with Gasteiger partial charge in [0.2, 0.25) is 0 Å². The van der Waals surface area contributed by atoms with Gasteiger partial charge < -0.3 is 4.42 Å². The number of fused-ring (bicyclic) bond motifs is 17. The molecular formula is C45H26O. The van der Waals surface area contributed by atoms with Gasteiger partial charge in [-0.3, -0.25) is 0 Å². The van der Waals surface area contributed by atoms with Crippen molar-refractivity contribution >= 4 is 43.5 Å². The summed E-state index contributed by atoms with van der Waals surface area (Å²) in [7, 11) is 0. The maximum absolute atomic E-state index is 6.59. The molecule has 0 amide bonds. The fourth-order valence-electron chi connectivity index (χ4n) is 8.79. The molecule has 0 N–H and O–H groups in total. The fraction of sp³-hybridized carbons (Fsp3) is 0.0222. The minimum Gasteiger partial charge on any atom is -0.455 e. The third kappa shape index (κ3) is 2.91. The molecule has 2 aliphatic carbocycles. The third-order valence-corrected chi connectivity index (χ3v) is 10.7. The van der Waals surface area contributed by atoms with Crippen molar-refractivity contribution in [2.24, 2.45) is 0 Å². The smallest absolute Gasteiger partial charge is 0.143 e. The number of rotatable bonds is 1. The maximum Gasteiger partial charge on any atom is 0.143 e. The molecule has 0 saturated heterocycles. The van der Waals surface area contributed by atoms with Crippen LogP contribution < -0.4 is 0 Å². The Bertz CT molecular complexity index is 2700. The van der Waals surface area contributed by atoms with Crippen LogP contribution in [0.15, 0.2) is 162 Å². The van der Waals surface area contributed by atoms with E-state index in [0.29, 0.717) is 0 Å². The highest BCUT2D eigenvalue weighted by Crippen LogP contribution is 2.64. The fourth-order valence-corrected chi connectivity index (χ4v) is 8.79. The SMILES string of the molecule is c1ccc2c(c1)-c1ccccc1C21c2ccccc2-c2ccc3ccc(-c4ccc5c(c4)oc4c6ccccc6ccc54)cc3c21. The molecule has 2 aliphatic rings. The van der Waals surface area contributed by atoms with Crippen molar-refractivity contribution in [3.63, 3.8) is 0 Å². The van der Waals surface area contributed by atoms with E-state index in [1.165, 1.54) is 66.2 Å². The molecule has 1 heterocycles. The second-order valence-corrected chi connectivity index (χ2v) is 12.8. The summed E-state index contributed by atoms with van der Waals surface area (Å²) >= 11 is 0. The molecule has 0 aliphatic heterocycles. The van der Waals surface area contributed by atoms with E-state index in [1.54, 1.807) is 0 Å². The van der Waals surface area contributed by atoms with Crippen molar-refractivity contribution in [1.82, 2.24) is 0 Å². The van der Waals surface area contributed by atoms with Gasteiger partial charge in [0.15, 0.2) is 0 Å². The first-order valence-corrected chi connectivity index (χ1v) is 16.0. The van der Waals surface area contributed by atoms with E-state index in [-0.39, 0.29) is 5.41 Å². The molecule has 0 unspecified atom stereocenters. The molecule has 0 radical (unpaired) electrons. The normalized spacial score (nSPS) is 13.8. The Morgan fingerprint density at radius 2 is 0.913 bits per heavy atom. The Labute approximate surface area is 266 Å². The van der Waals surface area contributed by atoms with E-state index < -0.39 is 0 Å². The van der Waals surface area contributed by atoms with Crippen molar-refractivity contribution in [2.45, 2.75) is 5.41 Å². The van der Waals surface area contributed by atoms with Gasteiger partial charge in [-0.15, -0.1) is 0 Å². The van der Waals surface area contributed by atoms with E-state index in [2.05, 4.69) is 158 Å². The Kier molecular flexibility index (Phi) is 4.57. The summed E-state index contributed by atoms with van der Waals surface area (Å²) in [6.07, 6.45) is 0. The highest BCUT2D eigenvalue weighted by atomic mass is 16.3. The van der Waals surface area contributed by atoms with Gasteiger partial charge in [-0.2, -0.15) is 0 Å². The van der Waals surface area contributed by atoms with Crippen LogP contribution in [0.1, 0.15) is 22.3 Å². The van der Waals surface area contributed by atoms with E-state index in [1.807, 2.05) is 0 Å². The largest absolute Gasteiger partial charge is 0.455 e. The molecule has 0 saturated carbocycles. The van der Waals surface area contributed by atoms with Crippen LogP contribution >= 0.6 is 0 Å². The summed E-state index contributed by atoms with van der Waals surface area (Å²) in [6, 6.07) is 58.3. The first-order chi connectivity index (χ1) is 22.8. The van der Waals surface area contributed by atoms with E-state index in [4.69, 9.17) is 4.42 Å². The van der Waals surface area contributed by atoms with E-state index in [0.717, 1.165) is 32.9 Å². The number of hydrogen-bond donors (Lipinski definition) is 0. The van der Waals surface area contributed by atoms with Gasteiger partial charge in [0.05, 0.1) is 5.41 Å². The van der Waals surface area contributed by atoms with Crippen molar-refractivity contribution in [2.75, 3.05) is 0 Å². The van der Waals surface area contributed by atoms with Crippen molar-refractivity contribution in [3.8, 4) is 33.4 Å². The molecule has 0 atom stereocenters. The molecule has 0 bridgehead atoms. The molecule has 8 aromatic carbocycles. The highest BCUT2D eigenvalue weighted by molar-refractivity contribution is 6.15. The van der Waals surface area contributed by atoms with Crippen LogP contribution in [0.2, 0.25) is 0 Å². The quantitative estimate of drug-likeness (QED) is 0.188. The Balaban J connectivity index is 1.20. The van der Waals surface area contributed by atoms with Crippen molar-refractivity contribution in [3.05, 3.63) is 180 Å². The summed E-state index contributed by atoms with van der Waals surface area (Å²) in [5, 5.41) is 7.22. The molecular weight excluding hydrogens is 556 g/mol. The minimum absolute atomic E-state index is 0.374. The second kappa shape index (κ2) is 8.62. The molecule has 1 nitrogen and oxygen atoms in total. The Morgan fingerprint density at radius 1 is 0.370 bits per heavy atom. The predicted octanol–water partition coefficient (Wildman–Crippen LogP) is 11.9. The van der Waals surface area contributed by atoms with Crippen LogP contribution in [0.4, 0.5) is 0 Å². The van der Waals surface area contributed by atoms with Gasteiger partial charge in [-0.1, -0.05) is 133 Å². The van der Waals surface area contributed by atoms with Crippen LogP contribution in [0.3, 0.4) is 0 Å². The lowest BCUT2D eigenvalue weighted by Gasteiger charge is -2.31. The van der Waals surface area contributed by atoms with Crippen LogP contribution in [0, 0.1) is 0 Å². The Hall–Kier alpha value is -5.92. The first kappa shape index (κ1) is 24.4. The minimum atomic E-state index is -0.374. The first-order valence-electron chi connectivity index (χ1n) is 16.0. The van der Waals surface area contributed by atoms with Crippen molar-refractivity contribution < 1.29 is 4.42 Å². The molecule has 1 heteroatoms. The zero-order chi connectivity index (χ0) is 30.0. The van der Waals surface area contributed by atoms with Gasteiger partial charge in [0, 0.05) is 16.2 Å². The molecule has 11 rings (SSSR count). The molecule has 212 valence electrons. The lowest BCUT2D eigenvalue weighted by atomic mass is 9.69. The van der Waals surface area contributed by atoms with Crippen LogP contribution in [0.5, 0.6) is 0 Å². The van der Waals surface area contributed by atoms with Gasteiger partial charge >= 0.3 is 0 Å². The standard InChI is InChI=1S/C45H26O/c1-2-10-31-27(9-1)20-24-37-35-22-21-30(26-42(35)46-44(31)37)29-18-17-28-19-23-36-34-13-5-8-16-41(34)45(43(36)38(28)25-29)39-14-6-3-11-32(39)33-12-4-7-15-40(33)45/h1-26H. The summed E-state index contributed by atoms with van der Waals surface area (Å²) in [6.45, 7) is 0. The number of furan rings is 1. The van der Waals surface area contributed by atoms with Gasteiger partial charge in [0.25, 0.3) is 0 Å². The van der Waals surface area contributed by atoms with Gasteiger partial charge in [0.1, 0.15) is 11.2 Å². The number of benzene rings is 8. The van der Waals surface area contributed by atoms with Crippen LogP contribution in [-0.2, 0) is 5.41 Å². The summed E-state index contributed by atoms with van der Waals surface area (Å²) in [5.41, 5.74) is 14.7. The summed E-state index contributed by atoms with van der Waals surface area (Å²) < 4.78 is 6.59. The zero-order valence-corrected chi connectivity index (χ0v) is 24.9. The average molecular weight is 583 g/mol. The third-order valence-electron chi connectivity index (χ3n) is 10.7. The van der Waals surface area contributed by atoms with E-state index in [9.17, 15) is 0 Å². The lowest BCUT2D eigenvalue weighted by molar-refractivity contribution is 0.673. The Morgan fingerprint density at radius 3 is 1.67 bits per heavy atom.